The van der Waals surface area contributed by atoms with Gasteiger partial charge in [-0.05, 0) is 22.8 Å². The van der Waals surface area contributed by atoms with E-state index in [1.807, 2.05) is 30.3 Å². The number of carbonyl (C=O) groups excluding carboxylic acids is 1. The van der Waals surface area contributed by atoms with E-state index in [1.165, 1.54) is 11.1 Å². The molecule has 0 N–H and O–H groups in total. The summed E-state index contributed by atoms with van der Waals surface area (Å²) in [6, 6.07) is 18.5. The fourth-order valence-electron chi connectivity index (χ4n) is 2.45. The maximum absolute atomic E-state index is 11.5. The van der Waals surface area contributed by atoms with E-state index in [0.717, 1.165) is 5.56 Å². The first kappa shape index (κ1) is 12.1. The SMILES string of the molecule is O=C1CCOC(c2cccc(-c3ccccc3)c2)C1. The Morgan fingerprint density at radius 2 is 1.74 bits per heavy atom. The van der Waals surface area contributed by atoms with Gasteiger partial charge in [-0.3, -0.25) is 4.79 Å². The van der Waals surface area contributed by atoms with Crippen LogP contribution in [0.2, 0.25) is 0 Å². The van der Waals surface area contributed by atoms with Crippen LogP contribution in [-0.4, -0.2) is 12.4 Å². The predicted octanol–water partition coefficient (Wildman–Crippen LogP) is 3.77. The van der Waals surface area contributed by atoms with Gasteiger partial charge >= 0.3 is 0 Å². The van der Waals surface area contributed by atoms with Gasteiger partial charge in [0.1, 0.15) is 5.78 Å². The molecule has 96 valence electrons. The minimum absolute atomic E-state index is 0.0788. The molecule has 2 aromatic carbocycles. The lowest BCUT2D eigenvalue weighted by atomic mass is 9.96. The molecular weight excluding hydrogens is 236 g/mol. The van der Waals surface area contributed by atoms with E-state index in [0.29, 0.717) is 25.2 Å². The van der Waals surface area contributed by atoms with Crippen molar-refractivity contribution in [2.75, 3.05) is 6.61 Å². The molecular formula is C17H16O2. The minimum Gasteiger partial charge on any atom is -0.373 e. The highest BCUT2D eigenvalue weighted by molar-refractivity contribution is 5.80. The van der Waals surface area contributed by atoms with Crippen molar-refractivity contribution >= 4 is 5.78 Å². The van der Waals surface area contributed by atoms with Crippen molar-refractivity contribution in [2.24, 2.45) is 0 Å². The van der Waals surface area contributed by atoms with Crippen molar-refractivity contribution in [2.45, 2.75) is 18.9 Å². The maximum Gasteiger partial charge on any atom is 0.138 e. The number of hydrogen-bond donors (Lipinski definition) is 0. The molecule has 0 radical (unpaired) electrons. The second kappa shape index (κ2) is 5.37. The summed E-state index contributed by atoms with van der Waals surface area (Å²) in [5.41, 5.74) is 3.45. The zero-order valence-electron chi connectivity index (χ0n) is 10.7. The van der Waals surface area contributed by atoms with Crippen molar-refractivity contribution in [1.29, 1.82) is 0 Å². The normalized spacial score (nSPS) is 19.4. The highest BCUT2D eigenvalue weighted by Crippen LogP contribution is 2.29. The molecule has 0 bridgehead atoms. The van der Waals surface area contributed by atoms with E-state index in [2.05, 4.69) is 24.3 Å². The summed E-state index contributed by atoms with van der Waals surface area (Å²) in [5, 5.41) is 0. The first-order valence-corrected chi connectivity index (χ1v) is 6.61. The molecule has 3 rings (SSSR count). The smallest absolute Gasteiger partial charge is 0.138 e. The molecule has 0 aromatic heterocycles. The highest BCUT2D eigenvalue weighted by Gasteiger charge is 2.21. The molecule has 1 atom stereocenters. The first-order valence-electron chi connectivity index (χ1n) is 6.61. The Morgan fingerprint density at radius 1 is 0.947 bits per heavy atom. The van der Waals surface area contributed by atoms with E-state index in [-0.39, 0.29) is 6.10 Å². The van der Waals surface area contributed by atoms with Gasteiger partial charge in [-0.2, -0.15) is 0 Å². The van der Waals surface area contributed by atoms with Gasteiger partial charge in [-0.15, -0.1) is 0 Å². The molecule has 0 amide bonds. The van der Waals surface area contributed by atoms with Crippen LogP contribution in [0.4, 0.5) is 0 Å². The summed E-state index contributed by atoms with van der Waals surface area (Å²) in [6.45, 7) is 0.541. The van der Waals surface area contributed by atoms with Crippen molar-refractivity contribution in [3.05, 3.63) is 60.2 Å². The molecule has 0 aliphatic carbocycles. The average molecular weight is 252 g/mol. The Morgan fingerprint density at radius 3 is 2.53 bits per heavy atom. The molecule has 0 saturated carbocycles. The summed E-state index contributed by atoms with van der Waals surface area (Å²) >= 11 is 0. The van der Waals surface area contributed by atoms with Crippen LogP contribution >= 0.6 is 0 Å². The number of hydrogen-bond acceptors (Lipinski definition) is 2. The number of rotatable bonds is 2. The summed E-state index contributed by atoms with van der Waals surface area (Å²) in [7, 11) is 0. The molecule has 1 unspecified atom stereocenters. The Kier molecular flexibility index (Phi) is 3.43. The van der Waals surface area contributed by atoms with Crippen LogP contribution in [0.3, 0.4) is 0 Å². The Balaban J connectivity index is 1.90. The van der Waals surface area contributed by atoms with E-state index < -0.39 is 0 Å². The van der Waals surface area contributed by atoms with E-state index in [1.54, 1.807) is 0 Å². The molecule has 1 fully saturated rings. The summed E-state index contributed by atoms with van der Waals surface area (Å²) in [4.78, 5) is 11.5. The zero-order chi connectivity index (χ0) is 13.1. The fourth-order valence-corrected chi connectivity index (χ4v) is 2.45. The van der Waals surface area contributed by atoms with Crippen molar-refractivity contribution in [3.63, 3.8) is 0 Å². The third kappa shape index (κ3) is 2.74. The quantitative estimate of drug-likeness (QED) is 0.813. The molecule has 1 aliphatic heterocycles. The molecule has 2 nitrogen and oxygen atoms in total. The standard InChI is InChI=1S/C17H16O2/c18-16-9-10-19-17(12-16)15-8-4-7-14(11-15)13-5-2-1-3-6-13/h1-8,11,17H,9-10,12H2. The summed E-state index contributed by atoms with van der Waals surface area (Å²) in [6.07, 6.45) is 0.970. The second-order valence-electron chi connectivity index (χ2n) is 4.84. The maximum atomic E-state index is 11.5. The number of carbonyl (C=O) groups is 1. The molecule has 0 spiro atoms. The van der Waals surface area contributed by atoms with Crippen LogP contribution in [0.25, 0.3) is 11.1 Å². The number of Topliss-reactive ketones (excluding diaryl/α,β-unsaturated/α-hetero) is 1. The summed E-state index contributed by atoms with van der Waals surface area (Å²) < 4.78 is 5.70. The average Bonchev–Trinajstić information content (AvgIpc) is 2.48. The van der Waals surface area contributed by atoms with E-state index >= 15 is 0 Å². The molecule has 1 aliphatic rings. The van der Waals surface area contributed by atoms with E-state index in [4.69, 9.17) is 4.74 Å². The largest absolute Gasteiger partial charge is 0.373 e. The zero-order valence-corrected chi connectivity index (χ0v) is 10.7. The van der Waals surface area contributed by atoms with Gasteiger partial charge in [-0.1, -0.05) is 48.5 Å². The van der Waals surface area contributed by atoms with Crippen LogP contribution in [-0.2, 0) is 9.53 Å². The molecule has 1 saturated heterocycles. The van der Waals surface area contributed by atoms with Gasteiger partial charge in [-0.25, -0.2) is 0 Å². The topological polar surface area (TPSA) is 26.3 Å². The molecule has 1 heterocycles. The van der Waals surface area contributed by atoms with Crippen LogP contribution < -0.4 is 0 Å². The lowest BCUT2D eigenvalue weighted by Gasteiger charge is -2.22. The van der Waals surface area contributed by atoms with Gasteiger partial charge in [0.05, 0.1) is 12.7 Å². The monoisotopic (exact) mass is 252 g/mol. The van der Waals surface area contributed by atoms with Crippen molar-refractivity contribution in [3.8, 4) is 11.1 Å². The Hall–Kier alpha value is -1.93. The third-order valence-corrected chi connectivity index (χ3v) is 3.48. The van der Waals surface area contributed by atoms with Crippen molar-refractivity contribution in [1.82, 2.24) is 0 Å². The minimum atomic E-state index is -0.0788. The second-order valence-corrected chi connectivity index (χ2v) is 4.84. The summed E-state index contributed by atoms with van der Waals surface area (Å²) in [5.74, 6) is 0.293. The van der Waals surface area contributed by atoms with Crippen LogP contribution in [0, 0.1) is 0 Å². The molecule has 2 heteroatoms. The Bertz CT molecular complexity index is 575. The van der Waals surface area contributed by atoms with Crippen LogP contribution in [0.5, 0.6) is 0 Å². The van der Waals surface area contributed by atoms with Gasteiger partial charge in [0.15, 0.2) is 0 Å². The molecule has 2 aromatic rings. The predicted molar refractivity (Wildman–Crippen MR) is 74.8 cm³/mol. The fraction of sp³-hybridized carbons (Fsp3) is 0.235. The third-order valence-electron chi connectivity index (χ3n) is 3.48. The Labute approximate surface area is 113 Å². The number of benzene rings is 2. The molecule has 19 heavy (non-hydrogen) atoms. The lowest BCUT2D eigenvalue weighted by Crippen LogP contribution is -2.19. The highest BCUT2D eigenvalue weighted by atomic mass is 16.5. The van der Waals surface area contributed by atoms with Gasteiger partial charge in [0, 0.05) is 12.8 Å². The van der Waals surface area contributed by atoms with E-state index in [9.17, 15) is 4.79 Å². The lowest BCUT2D eigenvalue weighted by molar-refractivity contribution is -0.128. The first-order chi connectivity index (χ1) is 9.33. The van der Waals surface area contributed by atoms with Gasteiger partial charge in [0.2, 0.25) is 0 Å². The van der Waals surface area contributed by atoms with Crippen LogP contribution in [0.1, 0.15) is 24.5 Å². The number of ketones is 1. The van der Waals surface area contributed by atoms with Crippen LogP contribution in [0.15, 0.2) is 54.6 Å². The number of ether oxygens (including phenoxy) is 1. The van der Waals surface area contributed by atoms with Gasteiger partial charge in [0.25, 0.3) is 0 Å². The van der Waals surface area contributed by atoms with Gasteiger partial charge < -0.3 is 4.74 Å². The van der Waals surface area contributed by atoms with Crippen molar-refractivity contribution < 1.29 is 9.53 Å².